The Balaban J connectivity index is 2.03. The fourth-order valence-electron chi connectivity index (χ4n) is 1.82. The number of nitrogens with zero attached hydrogens (tertiary/aromatic N) is 1. The normalized spacial score (nSPS) is 15.8. The third-order valence-corrected chi connectivity index (χ3v) is 7.40. The van der Waals surface area contributed by atoms with Crippen LogP contribution in [-0.2, 0) is 21.3 Å². The van der Waals surface area contributed by atoms with Crippen LogP contribution >= 0.6 is 27.3 Å². The SMILES string of the molecule is CCOCCN(C)S(=O)(=O)c1cc(CNC2CC2)sc1Br. The van der Waals surface area contributed by atoms with Crippen LogP contribution in [0.15, 0.2) is 14.7 Å². The number of hydrogen-bond donors (Lipinski definition) is 1. The zero-order valence-corrected chi connectivity index (χ0v) is 15.5. The molecule has 21 heavy (non-hydrogen) atoms. The second kappa shape index (κ2) is 7.52. The summed E-state index contributed by atoms with van der Waals surface area (Å²) < 4.78 is 32.3. The molecule has 1 aromatic heterocycles. The summed E-state index contributed by atoms with van der Waals surface area (Å²) in [6.45, 7) is 3.97. The molecule has 1 aromatic rings. The standard InChI is InChI=1S/C13H21BrN2O3S2/c1-3-19-7-6-16(2)21(17,18)12-8-11(20-13(12)14)9-15-10-4-5-10/h8,10,15H,3-7,9H2,1-2H3. The lowest BCUT2D eigenvalue weighted by Crippen LogP contribution is -2.30. The Hall–Kier alpha value is 0.01000. The zero-order valence-electron chi connectivity index (χ0n) is 12.3. The molecule has 1 N–H and O–H groups in total. The predicted octanol–water partition coefficient (Wildman–Crippen LogP) is 2.42. The van der Waals surface area contributed by atoms with E-state index in [9.17, 15) is 8.42 Å². The molecule has 0 spiro atoms. The Morgan fingerprint density at radius 1 is 1.52 bits per heavy atom. The Kier molecular flexibility index (Phi) is 6.22. The van der Waals surface area contributed by atoms with Gasteiger partial charge < -0.3 is 10.1 Å². The second-order valence-electron chi connectivity index (χ2n) is 5.03. The summed E-state index contributed by atoms with van der Waals surface area (Å²) >= 11 is 4.85. The van der Waals surface area contributed by atoms with Gasteiger partial charge in [-0.1, -0.05) is 0 Å². The molecule has 0 atom stereocenters. The van der Waals surface area contributed by atoms with Gasteiger partial charge in [-0.15, -0.1) is 11.3 Å². The van der Waals surface area contributed by atoms with Crippen LogP contribution in [0.4, 0.5) is 0 Å². The van der Waals surface area contributed by atoms with Gasteiger partial charge in [0, 0.05) is 37.7 Å². The van der Waals surface area contributed by atoms with Crippen LogP contribution in [0.25, 0.3) is 0 Å². The molecular weight excluding hydrogens is 376 g/mol. The molecule has 2 rings (SSSR count). The minimum atomic E-state index is -3.46. The number of rotatable bonds is 9. The van der Waals surface area contributed by atoms with Gasteiger partial charge in [-0.25, -0.2) is 8.42 Å². The minimum Gasteiger partial charge on any atom is -0.380 e. The lowest BCUT2D eigenvalue weighted by Gasteiger charge is -2.16. The highest BCUT2D eigenvalue weighted by atomic mass is 79.9. The van der Waals surface area contributed by atoms with Crippen LogP contribution in [0.1, 0.15) is 24.6 Å². The van der Waals surface area contributed by atoms with Crippen molar-refractivity contribution in [1.82, 2.24) is 9.62 Å². The molecule has 0 saturated heterocycles. The van der Waals surface area contributed by atoms with Crippen molar-refractivity contribution in [3.63, 3.8) is 0 Å². The molecule has 1 aliphatic carbocycles. The minimum absolute atomic E-state index is 0.346. The topological polar surface area (TPSA) is 58.6 Å². The predicted molar refractivity (Wildman–Crippen MR) is 88.2 cm³/mol. The van der Waals surface area contributed by atoms with Crippen LogP contribution in [0, 0.1) is 0 Å². The number of halogens is 1. The summed E-state index contributed by atoms with van der Waals surface area (Å²) in [5.74, 6) is 0. The van der Waals surface area contributed by atoms with Crippen LogP contribution in [0.2, 0.25) is 0 Å². The van der Waals surface area contributed by atoms with E-state index in [2.05, 4.69) is 21.2 Å². The molecule has 120 valence electrons. The average molecular weight is 397 g/mol. The maximum absolute atomic E-state index is 12.5. The average Bonchev–Trinajstić information content (AvgIpc) is 3.18. The third kappa shape index (κ3) is 4.74. The molecule has 0 amide bonds. The van der Waals surface area contributed by atoms with Crippen molar-refractivity contribution in [3.8, 4) is 0 Å². The van der Waals surface area contributed by atoms with Crippen molar-refractivity contribution in [1.29, 1.82) is 0 Å². The maximum Gasteiger partial charge on any atom is 0.244 e. The number of thiophene rings is 1. The number of sulfonamides is 1. The zero-order chi connectivity index (χ0) is 15.5. The van der Waals surface area contributed by atoms with Crippen molar-refractivity contribution < 1.29 is 13.2 Å². The van der Waals surface area contributed by atoms with E-state index in [0.717, 1.165) is 11.4 Å². The van der Waals surface area contributed by atoms with Crippen molar-refractivity contribution >= 4 is 37.3 Å². The lowest BCUT2D eigenvalue weighted by molar-refractivity contribution is 0.138. The van der Waals surface area contributed by atoms with E-state index >= 15 is 0 Å². The number of nitrogens with one attached hydrogen (secondary N) is 1. The van der Waals surface area contributed by atoms with Crippen LogP contribution < -0.4 is 5.32 Å². The molecule has 0 aromatic carbocycles. The Morgan fingerprint density at radius 2 is 2.24 bits per heavy atom. The van der Waals surface area contributed by atoms with Gasteiger partial charge in [-0.2, -0.15) is 4.31 Å². The fraction of sp³-hybridized carbons (Fsp3) is 0.692. The summed E-state index contributed by atoms with van der Waals surface area (Å²) in [5.41, 5.74) is 0. The molecule has 0 unspecified atom stereocenters. The van der Waals surface area contributed by atoms with Crippen molar-refractivity contribution in [2.24, 2.45) is 0 Å². The van der Waals surface area contributed by atoms with Crippen LogP contribution in [-0.4, -0.2) is 45.6 Å². The van der Waals surface area contributed by atoms with Crippen LogP contribution in [0.5, 0.6) is 0 Å². The first-order valence-electron chi connectivity index (χ1n) is 7.00. The quantitative estimate of drug-likeness (QED) is 0.651. The summed E-state index contributed by atoms with van der Waals surface area (Å²) in [4.78, 5) is 1.38. The molecule has 1 aliphatic rings. The molecule has 0 bridgehead atoms. The summed E-state index contributed by atoms with van der Waals surface area (Å²) in [6.07, 6.45) is 2.44. The Labute approximate surface area is 138 Å². The van der Waals surface area contributed by atoms with E-state index in [4.69, 9.17) is 4.74 Å². The second-order valence-corrected chi connectivity index (χ2v) is 9.50. The largest absolute Gasteiger partial charge is 0.380 e. The summed E-state index contributed by atoms with van der Waals surface area (Å²) in [7, 11) is -1.88. The van der Waals surface area contributed by atoms with Crippen molar-refractivity contribution in [3.05, 3.63) is 14.7 Å². The van der Waals surface area contributed by atoms with E-state index < -0.39 is 10.0 Å². The van der Waals surface area contributed by atoms with Gasteiger partial charge in [0.25, 0.3) is 0 Å². The Bertz CT molecular complexity index is 570. The molecular formula is C13H21BrN2O3S2. The third-order valence-electron chi connectivity index (χ3n) is 3.29. The van der Waals surface area contributed by atoms with Gasteiger partial charge in [0.15, 0.2) is 0 Å². The van der Waals surface area contributed by atoms with Gasteiger partial charge in [-0.3, -0.25) is 0 Å². The monoisotopic (exact) mass is 396 g/mol. The van der Waals surface area contributed by atoms with E-state index in [1.807, 2.05) is 6.92 Å². The summed E-state index contributed by atoms with van der Waals surface area (Å²) in [5, 5.41) is 3.40. The van der Waals surface area contributed by atoms with E-state index in [-0.39, 0.29) is 0 Å². The van der Waals surface area contributed by atoms with Gasteiger partial charge >= 0.3 is 0 Å². The first-order chi connectivity index (χ1) is 9.95. The highest BCUT2D eigenvalue weighted by molar-refractivity contribution is 9.11. The van der Waals surface area contributed by atoms with Gasteiger partial charge in [-0.05, 0) is 41.8 Å². The van der Waals surface area contributed by atoms with Crippen molar-refractivity contribution in [2.75, 3.05) is 26.8 Å². The van der Waals surface area contributed by atoms with Gasteiger partial charge in [0.1, 0.15) is 4.90 Å². The van der Waals surface area contributed by atoms with E-state index in [0.29, 0.717) is 34.5 Å². The number of hydrogen-bond acceptors (Lipinski definition) is 5. The van der Waals surface area contributed by atoms with Gasteiger partial charge in [0.2, 0.25) is 10.0 Å². The van der Waals surface area contributed by atoms with E-state index in [1.54, 1.807) is 13.1 Å². The van der Waals surface area contributed by atoms with Gasteiger partial charge in [0.05, 0.1) is 10.4 Å². The summed E-state index contributed by atoms with van der Waals surface area (Å²) in [6, 6.07) is 2.37. The number of ether oxygens (including phenoxy) is 1. The maximum atomic E-state index is 12.5. The molecule has 1 heterocycles. The van der Waals surface area contributed by atoms with E-state index in [1.165, 1.54) is 28.5 Å². The molecule has 1 saturated carbocycles. The molecule has 0 aliphatic heterocycles. The molecule has 8 heteroatoms. The smallest absolute Gasteiger partial charge is 0.244 e. The first-order valence-corrected chi connectivity index (χ1v) is 10.1. The fourth-order valence-corrected chi connectivity index (χ4v) is 5.55. The lowest BCUT2D eigenvalue weighted by atomic mass is 10.4. The first kappa shape index (κ1) is 17.4. The number of likely N-dealkylation sites (N-methyl/N-ethyl adjacent to an activating group) is 1. The van der Waals surface area contributed by atoms with Crippen LogP contribution in [0.3, 0.4) is 0 Å². The van der Waals surface area contributed by atoms with Crippen molar-refractivity contribution in [2.45, 2.75) is 37.2 Å². The molecule has 1 fully saturated rings. The Morgan fingerprint density at radius 3 is 2.86 bits per heavy atom. The molecule has 5 nitrogen and oxygen atoms in total. The highest BCUT2D eigenvalue weighted by Gasteiger charge is 2.26. The molecule has 0 radical (unpaired) electrons. The highest BCUT2D eigenvalue weighted by Crippen LogP contribution is 2.33.